The molecule has 2 fully saturated rings. The van der Waals surface area contributed by atoms with Crippen LogP contribution in [0.2, 0.25) is 5.02 Å². The zero-order valence-corrected chi connectivity index (χ0v) is 20.6. The monoisotopic (exact) mass is 484 g/mol. The van der Waals surface area contributed by atoms with E-state index in [0.29, 0.717) is 30.3 Å². The third-order valence-corrected chi connectivity index (χ3v) is 7.67. The Morgan fingerprint density at radius 3 is 2.41 bits per heavy atom. The van der Waals surface area contributed by atoms with Crippen LogP contribution in [0.15, 0.2) is 54.6 Å². The Bertz CT molecular complexity index is 1010. The second kappa shape index (κ2) is 9.96. The molecule has 1 aliphatic carbocycles. The molecule has 0 unspecified atom stereocenters. The number of benzene rings is 2. The Balaban J connectivity index is 1.44. The highest BCUT2D eigenvalue weighted by atomic mass is 35.5. The Morgan fingerprint density at radius 2 is 1.74 bits per heavy atom. The molecule has 34 heavy (non-hydrogen) atoms. The maximum absolute atomic E-state index is 13.6. The number of piperidine rings is 1. The lowest BCUT2D eigenvalue weighted by molar-refractivity contribution is -0.158. The Hall–Kier alpha value is -2.57. The van der Waals surface area contributed by atoms with Gasteiger partial charge >= 0.3 is 6.09 Å². The Labute approximate surface area is 206 Å². The average Bonchev–Trinajstić information content (AvgIpc) is 2.81. The van der Waals surface area contributed by atoms with E-state index in [9.17, 15) is 14.7 Å². The highest BCUT2D eigenvalue weighted by molar-refractivity contribution is 6.30. The summed E-state index contributed by atoms with van der Waals surface area (Å²) in [5.74, 6) is 0.212. The topological polar surface area (TPSA) is 78.9 Å². The van der Waals surface area contributed by atoms with E-state index < -0.39 is 17.1 Å². The smallest absolute Gasteiger partial charge is 0.410 e. The predicted molar refractivity (Wildman–Crippen MR) is 132 cm³/mol. The molecule has 2 N–H and O–H groups in total. The minimum atomic E-state index is -1.06. The fourth-order valence-corrected chi connectivity index (χ4v) is 5.51. The molecule has 2 aromatic rings. The van der Waals surface area contributed by atoms with Crippen molar-refractivity contribution in [1.82, 2.24) is 10.2 Å². The first-order chi connectivity index (χ1) is 16.2. The van der Waals surface area contributed by atoms with Gasteiger partial charge in [0, 0.05) is 29.6 Å². The first-order valence-electron chi connectivity index (χ1n) is 12.0. The molecule has 7 heteroatoms. The Morgan fingerprint density at radius 1 is 1.06 bits per heavy atom. The molecule has 0 radical (unpaired) electrons. The van der Waals surface area contributed by atoms with Crippen LogP contribution in [0.5, 0.6) is 5.75 Å². The molecule has 2 aromatic carbocycles. The molecule has 6 nitrogen and oxygen atoms in total. The molecular weight excluding hydrogens is 452 g/mol. The van der Waals surface area contributed by atoms with Crippen molar-refractivity contribution >= 4 is 23.6 Å². The summed E-state index contributed by atoms with van der Waals surface area (Å²) in [6.07, 6.45) is 3.29. The zero-order valence-electron chi connectivity index (χ0n) is 19.8. The number of ether oxygens (including phenoxy) is 1. The number of carbonyl (C=O) groups is 2. The van der Waals surface area contributed by atoms with Crippen molar-refractivity contribution in [2.75, 3.05) is 13.1 Å². The fourth-order valence-electron chi connectivity index (χ4n) is 5.38. The minimum Gasteiger partial charge on any atom is -0.410 e. The number of amides is 2. The van der Waals surface area contributed by atoms with Crippen LogP contribution < -0.4 is 10.1 Å². The van der Waals surface area contributed by atoms with Gasteiger partial charge in [0.05, 0.1) is 11.5 Å². The number of rotatable bonds is 4. The number of para-hydroxylation sites is 1. The quantitative estimate of drug-likeness (QED) is 0.630. The van der Waals surface area contributed by atoms with Crippen LogP contribution in [0.25, 0.3) is 0 Å². The molecular formula is C27H33ClN2O4. The largest absolute Gasteiger partial charge is 0.412 e. The van der Waals surface area contributed by atoms with Gasteiger partial charge in [-0.1, -0.05) is 68.6 Å². The van der Waals surface area contributed by atoms with Crippen LogP contribution in [0.4, 0.5) is 4.79 Å². The SMILES string of the molecule is CC1(C)CN(C(=O)[C@H]2CCCC[C@H]2NC(=O)Oc2ccccc2)CC[C@]1(O)c1ccc(Cl)cc1. The number of hydrogen-bond donors (Lipinski definition) is 2. The van der Waals surface area contributed by atoms with Gasteiger partial charge in [0.25, 0.3) is 0 Å². The van der Waals surface area contributed by atoms with E-state index in [1.54, 1.807) is 36.4 Å². The summed E-state index contributed by atoms with van der Waals surface area (Å²) in [5, 5.41) is 15.2. The van der Waals surface area contributed by atoms with Crippen molar-refractivity contribution in [2.24, 2.45) is 11.3 Å². The van der Waals surface area contributed by atoms with Gasteiger partial charge in [0.2, 0.25) is 5.91 Å². The number of carbonyl (C=O) groups excluding carboxylic acids is 2. The van der Waals surface area contributed by atoms with E-state index in [1.165, 1.54) is 0 Å². The summed E-state index contributed by atoms with van der Waals surface area (Å²) in [4.78, 5) is 28.0. The van der Waals surface area contributed by atoms with Crippen LogP contribution in [0.1, 0.15) is 51.5 Å². The number of likely N-dealkylation sites (tertiary alicyclic amines) is 1. The number of nitrogens with one attached hydrogen (secondary N) is 1. The highest BCUT2D eigenvalue weighted by Crippen LogP contribution is 2.46. The van der Waals surface area contributed by atoms with Gasteiger partial charge in [-0.3, -0.25) is 4.79 Å². The summed E-state index contributed by atoms with van der Waals surface area (Å²) < 4.78 is 5.39. The second-order valence-electron chi connectivity index (χ2n) is 10.1. The number of halogens is 1. The maximum Gasteiger partial charge on any atom is 0.412 e. The molecule has 2 aliphatic rings. The van der Waals surface area contributed by atoms with Crippen LogP contribution in [0.3, 0.4) is 0 Å². The van der Waals surface area contributed by atoms with Crippen molar-refractivity contribution < 1.29 is 19.4 Å². The van der Waals surface area contributed by atoms with Gasteiger partial charge in [-0.25, -0.2) is 4.79 Å². The molecule has 3 atom stereocenters. The summed E-state index contributed by atoms with van der Waals surface area (Å²) in [6, 6.07) is 15.9. The maximum atomic E-state index is 13.6. The lowest BCUT2D eigenvalue weighted by atomic mass is 9.66. The van der Waals surface area contributed by atoms with E-state index in [4.69, 9.17) is 16.3 Å². The van der Waals surface area contributed by atoms with Gasteiger partial charge in [-0.05, 0) is 49.1 Å². The number of hydrogen-bond acceptors (Lipinski definition) is 4. The van der Waals surface area contributed by atoms with Gasteiger partial charge in [0.15, 0.2) is 0 Å². The van der Waals surface area contributed by atoms with Crippen LogP contribution in [-0.2, 0) is 10.4 Å². The molecule has 4 rings (SSSR count). The molecule has 1 saturated carbocycles. The van der Waals surface area contributed by atoms with Crippen molar-refractivity contribution in [2.45, 2.75) is 57.6 Å². The van der Waals surface area contributed by atoms with Crippen LogP contribution in [-0.4, -0.2) is 41.1 Å². The van der Waals surface area contributed by atoms with E-state index in [2.05, 4.69) is 5.32 Å². The van der Waals surface area contributed by atoms with E-state index in [-0.39, 0.29) is 17.9 Å². The predicted octanol–water partition coefficient (Wildman–Crippen LogP) is 5.13. The molecule has 1 heterocycles. The van der Waals surface area contributed by atoms with Crippen molar-refractivity contribution in [3.8, 4) is 5.75 Å². The molecule has 0 spiro atoms. The normalized spacial score (nSPS) is 26.5. The van der Waals surface area contributed by atoms with Gasteiger partial charge in [-0.15, -0.1) is 0 Å². The molecule has 0 bridgehead atoms. The molecule has 2 amide bonds. The molecule has 0 aromatic heterocycles. The zero-order chi connectivity index (χ0) is 24.3. The summed E-state index contributed by atoms with van der Waals surface area (Å²) in [6.45, 7) is 4.88. The third kappa shape index (κ3) is 5.08. The third-order valence-electron chi connectivity index (χ3n) is 7.42. The summed E-state index contributed by atoms with van der Waals surface area (Å²) in [5.41, 5.74) is -0.800. The fraction of sp³-hybridized carbons (Fsp3) is 0.481. The standard InChI is InChI=1S/C27H33ClN2O4/c1-26(2)18-30(17-16-27(26,33)19-12-14-20(28)15-13-19)24(31)22-10-6-7-11-23(22)29-25(32)34-21-8-4-3-5-9-21/h3-5,8-9,12-15,22-23,33H,6-7,10-11,16-18H2,1-2H3,(H,29,32)/t22-,23+,27-/m0/s1. The number of aliphatic hydroxyl groups is 1. The molecule has 1 aliphatic heterocycles. The number of nitrogens with zero attached hydrogens (tertiary/aromatic N) is 1. The first kappa shape index (κ1) is 24.6. The van der Waals surface area contributed by atoms with E-state index in [1.807, 2.05) is 36.9 Å². The molecule has 182 valence electrons. The second-order valence-corrected chi connectivity index (χ2v) is 10.5. The van der Waals surface area contributed by atoms with Gasteiger partial charge in [-0.2, -0.15) is 0 Å². The van der Waals surface area contributed by atoms with E-state index >= 15 is 0 Å². The highest BCUT2D eigenvalue weighted by Gasteiger charge is 2.50. The Kier molecular flexibility index (Phi) is 7.20. The van der Waals surface area contributed by atoms with Crippen molar-refractivity contribution in [3.63, 3.8) is 0 Å². The molecule has 1 saturated heterocycles. The summed E-state index contributed by atoms with van der Waals surface area (Å²) in [7, 11) is 0. The lowest BCUT2D eigenvalue weighted by Gasteiger charge is -2.51. The van der Waals surface area contributed by atoms with Crippen LogP contribution >= 0.6 is 11.6 Å². The van der Waals surface area contributed by atoms with Crippen LogP contribution in [0, 0.1) is 11.3 Å². The average molecular weight is 485 g/mol. The lowest BCUT2D eigenvalue weighted by Crippen LogP contribution is -2.59. The summed E-state index contributed by atoms with van der Waals surface area (Å²) >= 11 is 6.04. The van der Waals surface area contributed by atoms with Gasteiger partial charge < -0.3 is 20.1 Å². The first-order valence-corrected chi connectivity index (χ1v) is 12.4. The van der Waals surface area contributed by atoms with E-state index in [0.717, 1.165) is 31.2 Å². The van der Waals surface area contributed by atoms with Crippen molar-refractivity contribution in [1.29, 1.82) is 0 Å². The van der Waals surface area contributed by atoms with Gasteiger partial charge in [0.1, 0.15) is 5.75 Å². The minimum absolute atomic E-state index is 0.0379. The van der Waals surface area contributed by atoms with Crippen molar-refractivity contribution in [3.05, 3.63) is 65.2 Å².